The van der Waals surface area contributed by atoms with Crippen LogP contribution in [-0.2, 0) is 0 Å². The third-order valence-corrected chi connectivity index (χ3v) is 2.82. The van der Waals surface area contributed by atoms with Crippen LogP contribution in [0.2, 0.25) is 0 Å². The van der Waals surface area contributed by atoms with Crippen molar-refractivity contribution in [3.05, 3.63) is 29.3 Å². The molecule has 0 radical (unpaired) electrons. The summed E-state index contributed by atoms with van der Waals surface area (Å²) in [7, 11) is 0. The molecule has 3 nitrogen and oxygen atoms in total. The number of hydrogen-bond acceptors (Lipinski definition) is 3. The summed E-state index contributed by atoms with van der Waals surface area (Å²) in [5.74, 6) is 0. The lowest BCUT2D eigenvalue weighted by atomic mass is 9.99. The standard InChI is InChI=1S/C13H18N2O/c1-9-6-5-7-12(11(9)8-14)15-10(2)13(3,4)16/h5-7,10,15-16H,1-4H3. The number of anilines is 1. The minimum Gasteiger partial charge on any atom is -0.388 e. The van der Waals surface area contributed by atoms with E-state index in [0.717, 1.165) is 11.3 Å². The largest absolute Gasteiger partial charge is 0.388 e. The summed E-state index contributed by atoms with van der Waals surface area (Å²) >= 11 is 0. The molecule has 0 aliphatic carbocycles. The van der Waals surface area contributed by atoms with Crippen molar-refractivity contribution in [3.63, 3.8) is 0 Å². The maximum atomic E-state index is 9.83. The monoisotopic (exact) mass is 218 g/mol. The molecule has 0 saturated carbocycles. The van der Waals surface area contributed by atoms with Gasteiger partial charge < -0.3 is 10.4 Å². The molecule has 1 atom stereocenters. The number of rotatable bonds is 3. The molecule has 1 aromatic carbocycles. The fraction of sp³-hybridized carbons (Fsp3) is 0.462. The highest BCUT2D eigenvalue weighted by Gasteiger charge is 2.22. The van der Waals surface area contributed by atoms with E-state index in [0.29, 0.717) is 5.56 Å². The van der Waals surface area contributed by atoms with Gasteiger partial charge >= 0.3 is 0 Å². The zero-order valence-electron chi connectivity index (χ0n) is 10.2. The summed E-state index contributed by atoms with van der Waals surface area (Å²) < 4.78 is 0. The molecule has 0 fully saturated rings. The zero-order valence-corrected chi connectivity index (χ0v) is 10.2. The Morgan fingerprint density at radius 1 is 1.44 bits per heavy atom. The van der Waals surface area contributed by atoms with E-state index in [1.807, 2.05) is 32.0 Å². The van der Waals surface area contributed by atoms with Gasteiger partial charge in [-0.05, 0) is 39.3 Å². The second-order valence-electron chi connectivity index (χ2n) is 4.63. The fourth-order valence-corrected chi connectivity index (χ4v) is 1.35. The van der Waals surface area contributed by atoms with Gasteiger partial charge in [-0.25, -0.2) is 0 Å². The van der Waals surface area contributed by atoms with Crippen LogP contribution in [0.15, 0.2) is 18.2 Å². The van der Waals surface area contributed by atoms with Gasteiger partial charge in [0.2, 0.25) is 0 Å². The first-order valence-corrected chi connectivity index (χ1v) is 5.35. The van der Waals surface area contributed by atoms with Crippen LogP contribution in [0.4, 0.5) is 5.69 Å². The Morgan fingerprint density at radius 2 is 2.06 bits per heavy atom. The SMILES string of the molecule is Cc1cccc(NC(C)C(C)(C)O)c1C#N. The molecule has 0 aliphatic rings. The quantitative estimate of drug-likeness (QED) is 0.819. The number of hydrogen-bond donors (Lipinski definition) is 2. The van der Waals surface area contributed by atoms with Crippen molar-refractivity contribution >= 4 is 5.69 Å². The van der Waals surface area contributed by atoms with Crippen molar-refractivity contribution in [3.8, 4) is 6.07 Å². The van der Waals surface area contributed by atoms with Crippen molar-refractivity contribution in [2.75, 3.05) is 5.32 Å². The van der Waals surface area contributed by atoms with Gasteiger partial charge in [0.15, 0.2) is 0 Å². The van der Waals surface area contributed by atoms with Crippen LogP contribution >= 0.6 is 0 Å². The molecule has 1 aromatic rings. The zero-order chi connectivity index (χ0) is 12.3. The van der Waals surface area contributed by atoms with E-state index in [1.54, 1.807) is 13.8 Å². The van der Waals surface area contributed by atoms with Gasteiger partial charge in [-0.15, -0.1) is 0 Å². The van der Waals surface area contributed by atoms with Gasteiger partial charge in [-0.3, -0.25) is 0 Å². The molecule has 1 rings (SSSR count). The first-order valence-electron chi connectivity index (χ1n) is 5.35. The average Bonchev–Trinajstić information content (AvgIpc) is 2.16. The van der Waals surface area contributed by atoms with Crippen LogP contribution in [-0.4, -0.2) is 16.7 Å². The first-order chi connectivity index (χ1) is 7.36. The minimum absolute atomic E-state index is 0.124. The Kier molecular flexibility index (Phi) is 3.56. The summed E-state index contributed by atoms with van der Waals surface area (Å²) in [5, 5.41) is 22.1. The molecule has 86 valence electrons. The van der Waals surface area contributed by atoms with Crippen LogP contribution < -0.4 is 5.32 Å². The maximum Gasteiger partial charge on any atom is 0.102 e. The Bertz CT molecular complexity index is 413. The number of aryl methyl sites for hydroxylation is 1. The van der Waals surface area contributed by atoms with E-state index in [2.05, 4.69) is 11.4 Å². The van der Waals surface area contributed by atoms with Crippen LogP contribution in [0, 0.1) is 18.3 Å². The molecule has 16 heavy (non-hydrogen) atoms. The summed E-state index contributed by atoms with van der Waals surface area (Å²) in [5.41, 5.74) is 1.53. The van der Waals surface area contributed by atoms with E-state index < -0.39 is 5.60 Å². The van der Waals surface area contributed by atoms with E-state index in [4.69, 9.17) is 5.26 Å². The van der Waals surface area contributed by atoms with Gasteiger partial charge in [0.1, 0.15) is 6.07 Å². The van der Waals surface area contributed by atoms with Gasteiger partial charge in [-0.2, -0.15) is 5.26 Å². The van der Waals surface area contributed by atoms with E-state index in [1.165, 1.54) is 0 Å². The Hall–Kier alpha value is -1.53. The Morgan fingerprint density at radius 3 is 2.56 bits per heavy atom. The molecule has 0 bridgehead atoms. The molecule has 2 N–H and O–H groups in total. The lowest BCUT2D eigenvalue weighted by molar-refractivity contribution is 0.0649. The predicted molar refractivity (Wildman–Crippen MR) is 65.3 cm³/mol. The average molecular weight is 218 g/mol. The lowest BCUT2D eigenvalue weighted by Gasteiger charge is -2.28. The van der Waals surface area contributed by atoms with E-state index in [9.17, 15) is 5.11 Å². The summed E-state index contributed by atoms with van der Waals surface area (Å²) in [6.07, 6.45) is 0. The summed E-state index contributed by atoms with van der Waals surface area (Å²) in [4.78, 5) is 0. The van der Waals surface area contributed by atoms with Crippen molar-refractivity contribution in [1.29, 1.82) is 5.26 Å². The maximum absolute atomic E-state index is 9.83. The van der Waals surface area contributed by atoms with Crippen LogP contribution in [0.5, 0.6) is 0 Å². The third kappa shape index (κ3) is 2.74. The smallest absolute Gasteiger partial charge is 0.102 e. The highest BCUT2D eigenvalue weighted by molar-refractivity contribution is 5.61. The molecule has 0 saturated heterocycles. The highest BCUT2D eigenvalue weighted by Crippen LogP contribution is 2.21. The molecule has 0 spiro atoms. The Balaban J connectivity index is 2.99. The normalized spacial score (nSPS) is 13.0. The van der Waals surface area contributed by atoms with Gasteiger partial charge in [0, 0.05) is 0 Å². The van der Waals surface area contributed by atoms with Gasteiger partial charge in [-0.1, -0.05) is 12.1 Å². The molecule has 0 amide bonds. The lowest BCUT2D eigenvalue weighted by Crippen LogP contribution is -2.39. The molecular formula is C13H18N2O. The summed E-state index contributed by atoms with van der Waals surface area (Å²) in [6.45, 7) is 7.28. The molecule has 3 heteroatoms. The molecule has 0 heterocycles. The van der Waals surface area contributed by atoms with Crippen molar-refractivity contribution < 1.29 is 5.11 Å². The van der Waals surface area contributed by atoms with E-state index in [-0.39, 0.29) is 6.04 Å². The van der Waals surface area contributed by atoms with Gasteiger partial charge in [0.25, 0.3) is 0 Å². The third-order valence-electron chi connectivity index (χ3n) is 2.82. The van der Waals surface area contributed by atoms with Crippen molar-refractivity contribution in [1.82, 2.24) is 0 Å². The highest BCUT2D eigenvalue weighted by atomic mass is 16.3. The van der Waals surface area contributed by atoms with Crippen molar-refractivity contribution in [2.24, 2.45) is 0 Å². The minimum atomic E-state index is -0.823. The van der Waals surface area contributed by atoms with Crippen LogP contribution in [0.3, 0.4) is 0 Å². The molecule has 0 aliphatic heterocycles. The number of benzene rings is 1. The predicted octanol–water partition coefficient (Wildman–Crippen LogP) is 2.44. The fourth-order valence-electron chi connectivity index (χ4n) is 1.35. The second-order valence-corrected chi connectivity index (χ2v) is 4.63. The number of aliphatic hydroxyl groups is 1. The molecule has 1 unspecified atom stereocenters. The first kappa shape index (κ1) is 12.5. The Labute approximate surface area is 96.7 Å². The van der Waals surface area contributed by atoms with Crippen LogP contribution in [0.1, 0.15) is 31.9 Å². The topological polar surface area (TPSA) is 56.0 Å². The van der Waals surface area contributed by atoms with Gasteiger partial charge in [0.05, 0.1) is 22.9 Å². The number of nitriles is 1. The summed E-state index contributed by atoms with van der Waals surface area (Å²) in [6, 6.07) is 7.71. The molecular weight excluding hydrogens is 200 g/mol. The van der Waals surface area contributed by atoms with E-state index >= 15 is 0 Å². The number of nitrogens with one attached hydrogen (secondary N) is 1. The van der Waals surface area contributed by atoms with Crippen LogP contribution in [0.25, 0.3) is 0 Å². The second kappa shape index (κ2) is 4.54. The number of nitrogens with zero attached hydrogens (tertiary/aromatic N) is 1. The van der Waals surface area contributed by atoms with Crippen molar-refractivity contribution in [2.45, 2.75) is 39.3 Å². The molecule has 0 aromatic heterocycles.